The average Bonchev–Trinajstić information content (AvgIpc) is 2.83. The summed E-state index contributed by atoms with van der Waals surface area (Å²) in [4.78, 5) is 23.0. The molecule has 125 valence electrons. The highest BCUT2D eigenvalue weighted by atomic mass is 28.3. The Morgan fingerprint density at radius 2 is 1.65 bits per heavy atom. The molecule has 2 rings (SSSR count). The third-order valence-electron chi connectivity index (χ3n) is 3.49. The topological polar surface area (TPSA) is 61.8 Å². The second-order valence-corrected chi connectivity index (χ2v) is 7.30. The molecule has 1 heterocycles. The third-order valence-corrected chi connectivity index (χ3v) is 5.30. The Morgan fingerprint density at radius 3 is 2.30 bits per heavy atom. The van der Waals surface area contributed by atoms with E-state index in [4.69, 9.17) is 8.85 Å². The molecular formula is C17H23O5Si. The van der Waals surface area contributed by atoms with Gasteiger partial charge in [-0.1, -0.05) is 19.9 Å². The Hall–Kier alpha value is -1.50. The Bertz CT molecular complexity index is 550. The van der Waals surface area contributed by atoms with Crippen molar-refractivity contribution in [3.63, 3.8) is 0 Å². The van der Waals surface area contributed by atoms with E-state index in [1.807, 2.05) is 6.07 Å². The highest BCUT2D eigenvalue weighted by molar-refractivity contribution is 6.44. The zero-order chi connectivity index (χ0) is 16.7. The van der Waals surface area contributed by atoms with E-state index in [0.29, 0.717) is 11.1 Å². The number of aryl methyl sites for hydroxylation is 1. The van der Waals surface area contributed by atoms with Crippen LogP contribution in [-0.2, 0) is 20.0 Å². The van der Waals surface area contributed by atoms with E-state index >= 15 is 0 Å². The molecule has 1 aliphatic rings. The van der Waals surface area contributed by atoms with Gasteiger partial charge in [-0.3, -0.25) is 0 Å². The van der Waals surface area contributed by atoms with Gasteiger partial charge in [0.1, 0.15) is 0 Å². The number of fused-ring (bicyclic) bond motifs is 1. The molecule has 0 bridgehead atoms. The monoisotopic (exact) mass is 335 g/mol. The van der Waals surface area contributed by atoms with Gasteiger partial charge in [-0.15, -0.1) is 0 Å². The van der Waals surface area contributed by atoms with Crippen molar-refractivity contribution in [3.05, 3.63) is 34.9 Å². The summed E-state index contributed by atoms with van der Waals surface area (Å²) in [5.74, 6) is -1.10. The van der Waals surface area contributed by atoms with Crippen molar-refractivity contribution >= 4 is 21.2 Å². The molecule has 0 aromatic heterocycles. The summed E-state index contributed by atoms with van der Waals surface area (Å²) in [5, 5.41) is 0. The van der Waals surface area contributed by atoms with Gasteiger partial charge in [-0.25, -0.2) is 9.59 Å². The molecule has 0 aliphatic carbocycles. The number of cyclic esters (lactones) is 2. The van der Waals surface area contributed by atoms with Gasteiger partial charge in [0, 0.05) is 13.2 Å². The predicted molar refractivity (Wildman–Crippen MR) is 87.6 cm³/mol. The van der Waals surface area contributed by atoms with Gasteiger partial charge in [0.05, 0.1) is 11.1 Å². The van der Waals surface area contributed by atoms with E-state index in [-0.39, 0.29) is 0 Å². The highest BCUT2D eigenvalue weighted by Gasteiger charge is 2.29. The van der Waals surface area contributed by atoms with E-state index in [9.17, 15) is 9.59 Å². The summed E-state index contributed by atoms with van der Waals surface area (Å²) in [5.41, 5.74) is 1.77. The third kappa shape index (κ3) is 4.99. The first kappa shape index (κ1) is 17.8. The van der Waals surface area contributed by atoms with E-state index in [2.05, 4.69) is 18.6 Å². The lowest BCUT2D eigenvalue weighted by atomic mass is 10.0. The Labute approximate surface area is 138 Å². The average molecular weight is 335 g/mol. The smallest absolute Gasteiger partial charge is 0.384 e. The van der Waals surface area contributed by atoms with Crippen LogP contribution < -0.4 is 0 Å². The molecule has 6 heteroatoms. The van der Waals surface area contributed by atoms with Gasteiger partial charge in [-0.05, 0) is 49.4 Å². The Kier molecular flexibility index (Phi) is 6.95. The number of benzene rings is 1. The molecule has 1 radical (unpaired) electrons. The van der Waals surface area contributed by atoms with Crippen LogP contribution in [0.15, 0.2) is 18.2 Å². The van der Waals surface area contributed by atoms with Crippen LogP contribution in [0.25, 0.3) is 0 Å². The van der Waals surface area contributed by atoms with E-state index in [0.717, 1.165) is 50.5 Å². The molecule has 1 aliphatic heterocycles. The number of carbonyl (C=O) groups is 2. The van der Waals surface area contributed by atoms with Gasteiger partial charge in [-0.2, -0.15) is 0 Å². The number of hydrogen-bond donors (Lipinski definition) is 0. The molecule has 5 nitrogen and oxygen atoms in total. The Balaban J connectivity index is 1.86. The largest absolute Gasteiger partial charge is 0.393 e. The van der Waals surface area contributed by atoms with Crippen LogP contribution in [0.1, 0.15) is 59.4 Å². The van der Waals surface area contributed by atoms with Crippen LogP contribution in [-0.4, -0.2) is 34.4 Å². The molecule has 0 atom stereocenters. The summed E-state index contributed by atoms with van der Waals surface area (Å²) in [6.07, 6.45) is 3.74. The van der Waals surface area contributed by atoms with Crippen LogP contribution in [0.3, 0.4) is 0 Å². The predicted octanol–water partition coefficient (Wildman–Crippen LogP) is 3.27. The lowest BCUT2D eigenvalue weighted by molar-refractivity contribution is 0.0443. The van der Waals surface area contributed by atoms with Crippen molar-refractivity contribution < 1.29 is 23.2 Å². The van der Waals surface area contributed by atoms with Crippen molar-refractivity contribution in [1.82, 2.24) is 0 Å². The molecule has 0 saturated carbocycles. The SMILES string of the molecule is CCCO[Si](CCCc1ccc2c(c1)C(=O)OC2=O)OCCC. The molecule has 0 amide bonds. The first-order valence-electron chi connectivity index (χ1n) is 8.16. The summed E-state index contributed by atoms with van der Waals surface area (Å²) in [7, 11) is -1.22. The minimum atomic E-state index is -1.22. The summed E-state index contributed by atoms with van der Waals surface area (Å²) in [6.45, 7) is 5.66. The van der Waals surface area contributed by atoms with Crippen molar-refractivity contribution in [3.8, 4) is 0 Å². The van der Waals surface area contributed by atoms with Gasteiger partial charge in [0.25, 0.3) is 0 Å². The number of hydrogen-bond acceptors (Lipinski definition) is 5. The lowest BCUT2D eigenvalue weighted by Crippen LogP contribution is -2.24. The zero-order valence-corrected chi connectivity index (χ0v) is 14.7. The van der Waals surface area contributed by atoms with Gasteiger partial charge < -0.3 is 13.6 Å². The molecule has 0 saturated heterocycles. The second-order valence-electron chi connectivity index (χ2n) is 5.48. The summed E-state index contributed by atoms with van der Waals surface area (Å²) >= 11 is 0. The first-order chi connectivity index (χ1) is 11.2. The lowest BCUT2D eigenvalue weighted by Gasteiger charge is -2.14. The minimum absolute atomic E-state index is 0.362. The van der Waals surface area contributed by atoms with Crippen LogP contribution in [0.5, 0.6) is 0 Å². The zero-order valence-electron chi connectivity index (χ0n) is 13.7. The van der Waals surface area contributed by atoms with E-state index in [1.165, 1.54) is 0 Å². The normalized spacial score (nSPS) is 13.5. The van der Waals surface area contributed by atoms with Crippen LogP contribution in [0.4, 0.5) is 0 Å². The number of rotatable bonds is 10. The fourth-order valence-electron chi connectivity index (χ4n) is 2.34. The standard InChI is InChI=1S/C17H23O5Si/c1-3-9-20-23(21-10-4-2)11-5-6-13-7-8-14-15(12-13)17(19)22-16(14)18/h7-8,12H,3-6,9-11H2,1-2H3. The van der Waals surface area contributed by atoms with E-state index in [1.54, 1.807) is 12.1 Å². The molecule has 0 fully saturated rings. The molecule has 23 heavy (non-hydrogen) atoms. The van der Waals surface area contributed by atoms with Gasteiger partial charge >= 0.3 is 21.2 Å². The fraction of sp³-hybridized carbons (Fsp3) is 0.529. The number of esters is 2. The molecular weight excluding hydrogens is 312 g/mol. The molecule has 1 aromatic rings. The van der Waals surface area contributed by atoms with Crippen LogP contribution in [0, 0.1) is 0 Å². The maximum absolute atomic E-state index is 11.6. The molecule has 0 N–H and O–H groups in total. The maximum atomic E-state index is 11.6. The van der Waals surface area contributed by atoms with Crippen molar-refractivity contribution in [2.24, 2.45) is 0 Å². The highest BCUT2D eigenvalue weighted by Crippen LogP contribution is 2.22. The maximum Gasteiger partial charge on any atom is 0.384 e. The molecule has 0 spiro atoms. The molecule has 1 aromatic carbocycles. The number of carbonyl (C=O) groups excluding carboxylic acids is 2. The fourth-order valence-corrected chi connectivity index (χ4v) is 4.04. The summed E-state index contributed by atoms with van der Waals surface area (Å²) in [6, 6.07) is 6.22. The van der Waals surface area contributed by atoms with Crippen molar-refractivity contribution in [2.75, 3.05) is 13.2 Å². The minimum Gasteiger partial charge on any atom is -0.393 e. The first-order valence-corrected chi connectivity index (χ1v) is 9.69. The quantitative estimate of drug-likeness (QED) is 0.373. The summed E-state index contributed by atoms with van der Waals surface area (Å²) < 4.78 is 16.2. The van der Waals surface area contributed by atoms with Crippen molar-refractivity contribution in [2.45, 2.75) is 45.6 Å². The van der Waals surface area contributed by atoms with Crippen LogP contribution in [0.2, 0.25) is 6.04 Å². The second kappa shape index (κ2) is 8.96. The van der Waals surface area contributed by atoms with Gasteiger partial charge in [0.2, 0.25) is 0 Å². The van der Waals surface area contributed by atoms with Crippen LogP contribution >= 0.6 is 0 Å². The Morgan fingerprint density at radius 1 is 1.00 bits per heavy atom. The van der Waals surface area contributed by atoms with Gasteiger partial charge in [0.15, 0.2) is 0 Å². The van der Waals surface area contributed by atoms with Crippen molar-refractivity contribution in [1.29, 1.82) is 0 Å². The number of ether oxygens (including phenoxy) is 1. The van der Waals surface area contributed by atoms with E-state index < -0.39 is 21.2 Å². The molecule has 0 unspecified atom stereocenters.